The van der Waals surface area contributed by atoms with Gasteiger partial charge in [0, 0.05) is 0 Å². The summed E-state index contributed by atoms with van der Waals surface area (Å²) in [6.07, 6.45) is 3.51. The molecule has 2 unspecified atom stereocenters. The molecule has 0 bridgehead atoms. The molecule has 0 amide bonds. The molecule has 0 saturated heterocycles. The topological polar surface area (TPSA) is 102 Å². The van der Waals surface area contributed by atoms with E-state index in [4.69, 9.17) is 11.6 Å². The SMILES string of the molecule is NCCCC(O)CCC(O)CCCON. The number of aliphatic hydroxyl groups excluding tert-OH is 2. The van der Waals surface area contributed by atoms with E-state index in [1.807, 2.05) is 0 Å². The Bertz CT molecular complexity index is 136. The van der Waals surface area contributed by atoms with E-state index in [1.54, 1.807) is 0 Å². The van der Waals surface area contributed by atoms with Crippen molar-refractivity contribution in [2.45, 2.75) is 50.7 Å². The molecule has 0 aliphatic rings. The molecule has 0 aromatic rings. The smallest absolute Gasteiger partial charge is 0.0680 e. The molecule has 0 heterocycles. The zero-order valence-corrected chi connectivity index (χ0v) is 9.27. The van der Waals surface area contributed by atoms with Crippen LogP contribution in [-0.4, -0.2) is 35.6 Å². The number of hydrogen-bond donors (Lipinski definition) is 4. The summed E-state index contributed by atoms with van der Waals surface area (Å²) >= 11 is 0. The fraction of sp³-hybridized carbons (Fsp3) is 1.00. The Balaban J connectivity index is 3.31. The van der Waals surface area contributed by atoms with E-state index in [0.29, 0.717) is 32.4 Å². The normalized spacial score (nSPS) is 15.2. The van der Waals surface area contributed by atoms with E-state index in [1.165, 1.54) is 0 Å². The van der Waals surface area contributed by atoms with E-state index in [-0.39, 0.29) is 12.2 Å². The molecule has 0 fully saturated rings. The first-order chi connectivity index (χ1) is 7.20. The molecule has 0 aliphatic carbocycles. The van der Waals surface area contributed by atoms with E-state index in [2.05, 4.69) is 4.84 Å². The third-order valence-electron chi connectivity index (χ3n) is 2.37. The second kappa shape index (κ2) is 10.3. The molecule has 92 valence electrons. The van der Waals surface area contributed by atoms with Crippen molar-refractivity contribution in [2.75, 3.05) is 13.2 Å². The molecule has 15 heavy (non-hydrogen) atoms. The van der Waals surface area contributed by atoms with Gasteiger partial charge in [-0.2, -0.15) is 0 Å². The molecule has 2 atom stereocenters. The van der Waals surface area contributed by atoms with Crippen molar-refractivity contribution < 1.29 is 15.1 Å². The van der Waals surface area contributed by atoms with Crippen molar-refractivity contribution in [2.24, 2.45) is 11.6 Å². The zero-order chi connectivity index (χ0) is 11.5. The van der Waals surface area contributed by atoms with Gasteiger partial charge in [0.05, 0.1) is 18.8 Å². The van der Waals surface area contributed by atoms with Gasteiger partial charge in [0.15, 0.2) is 0 Å². The van der Waals surface area contributed by atoms with Crippen molar-refractivity contribution in [1.82, 2.24) is 0 Å². The van der Waals surface area contributed by atoms with Crippen molar-refractivity contribution in [1.29, 1.82) is 0 Å². The van der Waals surface area contributed by atoms with E-state index < -0.39 is 0 Å². The molecule has 0 radical (unpaired) electrons. The molecule has 0 rings (SSSR count). The highest BCUT2D eigenvalue weighted by atomic mass is 16.6. The largest absolute Gasteiger partial charge is 0.393 e. The molecule has 6 N–H and O–H groups in total. The van der Waals surface area contributed by atoms with Crippen LogP contribution in [0.15, 0.2) is 0 Å². The van der Waals surface area contributed by atoms with E-state index in [0.717, 1.165) is 19.3 Å². The molecule has 0 aromatic carbocycles. The summed E-state index contributed by atoms with van der Waals surface area (Å²) in [4.78, 5) is 4.40. The number of aliphatic hydroxyl groups is 2. The third kappa shape index (κ3) is 10.1. The van der Waals surface area contributed by atoms with Gasteiger partial charge in [-0.1, -0.05) is 0 Å². The van der Waals surface area contributed by atoms with E-state index in [9.17, 15) is 10.2 Å². The van der Waals surface area contributed by atoms with Gasteiger partial charge in [0.2, 0.25) is 0 Å². The molecule has 5 nitrogen and oxygen atoms in total. The van der Waals surface area contributed by atoms with Gasteiger partial charge in [-0.25, -0.2) is 5.90 Å². The molecule has 5 heteroatoms. The Morgan fingerprint density at radius 3 is 1.93 bits per heavy atom. The summed E-state index contributed by atoms with van der Waals surface area (Å²) in [5.41, 5.74) is 5.33. The lowest BCUT2D eigenvalue weighted by Crippen LogP contribution is -2.15. The predicted octanol–water partition coefficient (Wildman–Crippen LogP) is -0.102. The van der Waals surface area contributed by atoms with Crippen LogP contribution in [-0.2, 0) is 4.84 Å². The van der Waals surface area contributed by atoms with Crippen LogP contribution in [0.5, 0.6) is 0 Å². The summed E-state index contributed by atoms with van der Waals surface area (Å²) in [5.74, 6) is 4.86. The molecular weight excluding hydrogens is 196 g/mol. The first kappa shape index (κ1) is 14.8. The van der Waals surface area contributed by atoms with Gasteiger partial charge in [0.25, 0.3) is 0 Å². The highest BCUT2D eigenvalue weighted by Gasteiger charge is 2.08. The van der Waals surface area contributed by atoms with Crippen LogP contribution in [0.1, 0.15) is 38.5 Å². The maximum Gasteiger partial charge on any atom is 0.0680 e. The summed E-state index contributed by atoms with van der Waals surface area (Å²) < 4.78 is 0. The highest BCUT2D eigenvalue weighted by molar-refractivity contribution is 4.62. The monoisotopic (exact) mass is 220 g/mol. The standard InChI is InChI=1S/C10H24N2O3/c11-7-1-3-9(13)5-6-10(14)4-2-8-15-12/h9-10,13-14H,1-8,11-12H2. The van der Waals surface area contributed by atoms with Crippen molar-refractivity contribution in [3.05, 3.63) is 0 Å². The number of nitrogens with two attached hydrogens (primary N) is 2. The van der Waals surface area contributed by atoms with Crippen LogP contribution >= 0.6 is 0 Å². The lowest BCUT2D eigenvalue weighted by molar-refractivity contribution is 0.0861. The second-order valence-corrected chi connectivity index (χ2v) is 3.83. The number of hydrogen-bond acceptors (Lipinski definition) is 5. The summed E-state index contributed by atoms with van der Waals surface area (Å²) in [6, 6.07) is 0. The summed E-state index contributed by atoms with van der Waals surface area (Å²) in [7, 11) is 0. The van der Waals surface area contributed by atoms with Gasteiger partial charge >= 0.3 is 0 Å². The quantitative estimate of drug-likeness (QED) is 0.304. The lowest BCUT2D eigenvalue weighted by atomic mass is 10.0. The van der Waals surface area contributed by atoms with Crippen molar-refractivity contribution in [3.63, 3.8) is 0 Å². The zero-order valence-electron chi connectivity index (χ0n) is 9.27. The van der Waals surface area contributed by atoms with Gasteiger partial charge in [-0.05, 0) is 45.1 Å². The fourth-order valence-electron chi connectivity index (χ4n) is 1.43. The molecule has 0 saturated carbocycles. The predicted molar refractivity (Wildman–Crippen MR) is 58.9 cm³/mol. The molecule has 0 aromatic heterocycles. The van der Waals surface area contributed by atoms with Crippen molar-refractivity contribution in [3.8, 4) is 0 Å². The van der Waals surface area contributed by atoms with E-state index >= 15 is 0 Å². The van der Waals surface area contributed by atoms with Gasteiger partial charge < -0.3 is 20.8 Å². The van der Waals surface area contributed by atoms with Gasteiger partial charge in [-0.3, -0.25) is 0 Å². The van der Waals surface area contributed by atoms with Gasteiger partial charge in [-0.15, -0.1) is 0 Å². The van der Waals surface area contributed by atoms with Crippen molar-refractivity contribution >= 4 is 0 Å². The van der Waals surface area contributed by atoms with Crippen LogP contribution < -0.4 is 11.6 Å². The maximum atomic E-state index is 9.52. The Morgan fingerprint density at radius 1 is 0.933 bits per heavy atom. The minimum Gasteiger partial charge on any atom is -0.393 e. The van der Waals surface area contributed by atoms with Crippen LogP contribution in [0, 0.1) is 0 Å². The Labute approximate surface area is 91.4 Å². The Hall–Kier alpha value is -0.200. The first-order valence-corrected chi connectivity index (χ1v) is 5.58. The number of rotatable bonds is 10. The minimum absolute atomic E-state index is 0.339. The van der Waals surface area contributed by atoms with Crippen LogP contribution in [0.3, 0.4) is 0 Å². The first-order valence-electron chi connectivity index (χ1n) is 5.58. The van der Waals surface area contributed by atoms with Crippen LogP contribution in [0.4, 0.5) is 0 Å². The lowest BCUT2D eigenvalue weighted by Gasteiger charge is -2.13. The average molecular weight is 220 g/mol. The van der Waals surface area contributed by atoms with Crippen LogP contribution in [0.2, 0.25) is 0 Å². The fourth-order valence-corrected chi connectivity index (χ4v) is 1.43. The third-order valence-corrected chi connectivity index (χ3v) is 2.37. The minimum atomic E-state index is -0.368. The summed E-state index contributed by atoms with van der Waals surface area (Å²) in [5, 5.41) is 19.0. The Morgan fingerprint density at radius 2 is 1.47 bits per heavy atom. The molecular formula is C10H24N2O3. The Kier molecular flexibility index (Phi) is 10.2. The maximum absolute atomic E-state index is 9.52. The molecule has 0 aliphatic heterocycles. The highest BCUT2D eigenvalue weighted by Crippen LogP contribution is 2.10. The molecule has 0 spiro atoms. The summed E-state index contributed by atoms with van der Waals surface area (Å²) in [6.45, 7) is 1.07. The van der Waals surface area contributed by atoms with Crippen LogP contribution in [0.25, 0.3) is 0 Å². The second-order valence-electron chi connectivity index (χ2n) is 3.83. The van der Waals surface area contributed by atoms with Gasteiger partial charge in [0.1, 0.15) is 0 Å². The average Bonchev–Trinajstić information content (AvgIpc) is 2.24.